The lowest BCUT2D eigenvalue weighted by Gasteiger charge is -2.32. The summed E-state index contributed by atoms with van der Waals surface area (Å²) in [5.74, 6) is -0.853. The zero-order valence-electron chi connectivity index (χ0n) is 59.3. The van der Waals surface area contributed by atoms with Crippen LogP contribution in [0.4, 0.5) is 22.8 Å². The van der Waals surface area contributed by atoms with Crippen LogP contribution in [-0.4, -0.2) is 140 Å². The second-order valence-electron chi connectivity index (χ2n) is 27.5. The Hall–Kier alpha value is -10.1. The molecule has 4 aliphatic rings. The Morgan fingerprint density at radius 3 is 1.25 bits per heavy atom. The molecule has 1 N–H and O–H groups in total. The van der Waals surface area contributed by atoms with Gasteiger partial charge in [-0.25, -0.2) is 37.7 Å². The third-order valence-corrected chi connectivity index (χ3v) is 17.6. The van der Waals surface area contributed by atoms with E-state index in [1.54, 1.807) is 95.1 Å². The molecule has 3 aromatic carbocycles. The molecule has 2 amide bonds. The normalized spacial score (nSPS) is 15.7. The monoisotopic (exact) mass is 1420 g/mol. The molecule has 10 heterocycles. The van der Waals surface area contributed by atoms with Crippen LogP contribution in [0.3, 0.4) is 0 Å². The van der Waals surface area contributed by atoms with E-state index < -0.39 is 28.7 Å². The van der Waals surface area contributed by atoms with Gasteiger partial charge in [0.25, 0.3) is 16.7 Å². The molecular formula is C76H82BClF3N9O12. The standard InChI is InChI=1S/C25H26FN3O4.C20H18FN3O2.C16H28BNO4.C15H10ClFN2O2/c1-25(2,3)33-24(31)28-11-9-16(10-12-28)20-14-23(30)29-15-18(6-8-22(29)27-20)17-5-7-21(32-4)19(26)13-17;1-26-18-4-2-14(10-16(18)21)15-3-5-19-23-17(11-20(25)24(19)12-15)13-6-8-22-9-7-13;1-14(2,3)20-13(19)18-10-8-12(9-11-18)17-21-15(4,5)16(6,7)22-17;1-21-12-4-2-9(6-11(12)17)10-3-5-14-18-13(16)7-15(20)19(14)8-10/h5-9,13-15H,10-12H2,1-4H3;2-6,10-12,22H,7-9H2,1H3;8H,9-11H2,1-7H3;2-8H,1H3. The lowest BCUT2D eigenvalue weighted by molar-refractivity contribution is 0.00578. The molecule has 6 aromatic heterocycles. The number of benzene rings is 3. The Bertz CT molecular complexity index is 4930. The minimum atomic E-state index is -0.550. The summed E-state index contributed by atoms with van der Waals surface area (Å²) < 4.78 is 83.8. The summed E-state index contributed by atoms with van der Waals surface area (Å²) in [6.45, 7) is 23.0. The number of amides is 2. The fraction of sp³-hybridized carbons (Fsp3) is 0.342. The van der Waals surface area contributed by atoms with Crippen molar-refractivity contribution in [3.8, 4) is 50.6 Å². The number of pyridine rings is 3. The van der Waals surface area contributed by atoms with Crippen molar-refractivity contribution in [2.24, 2.45) is 0 Å². The van der Waals surface area contributed by atoms with Gasteiger partial charge in [-0.1, -0.05) is 48.0 Å². The average Bonchev–Trinajstić information content (AvgIpc) is 1.07. The predicted octanol–water partition coefficient (Wildman–Crippen LogP) is 13.8. The Kier molecular flexibility index (Phi) is 22.7. The van der Waals surface area contributed by atoms with E-state index in [-0.39, 0.29) is 69.6 Å². The van der Waals surface area contributed by atoms with Crippen LogP contribution in [0.1, 0.15) is 99.9 Å². The van der Waals surface area contributed by atoms with Crippen LogP contribution in [0.2, 0.25) is 5.15 Å². The summed E-state index contributed by atoms with van der Waals surface area (Å²) in [5, 5.41) is 3.39. The fourth-order valence-electron chi connectivity index (χ4n) is 11.3. The molecule has 1 saturated heterocycles. The molecule has 102 heavy (non-hydrogen) atoms. The van der Waals surface area contributed by atoms with Gasteiger partial charge in [-0.15, -0.1) is 0 Å². The number of rotatable bonds is 9. The topological polar surface area (TPSA) is 220 Å². The van der Waals surface area contributed by atoms with Crippen molar-refractivity contribution in [1.82, 2.24) is 43.3 Å². The third-order valence-electron chi connectivity index (χ3n) is 17.4. The van der Waals surface area contributed by atoms with Gasteiger partial charge in [-0.05, 0) is 218 Å². The van der Waals surface area contributed by atoms with Crippen LogP contribution in [-0.2, 0) is 18.8 Å². The van der Waals surface area contributed by atoms with Crippen molar-refractivity contribution in [2.45, 2.75) is 111 Å². The van der Waals surface area contributed by atoms with Gasteiger partial charge in [0.1, 0.15) is 33.3 Å². The summed E-state index contributed by atoms with van der Waals surface area (Å²) in [6, 6.07) is 28.8. The number of hydrogen-bond donors (Lipinski definition) is 1. The lowest BCUT2D eigenvalue weighted by Crippen LogP contribution is -2.41. The Morgan fingerprint density at radius 1 is 0.510 bits per heavy atom. The highest BCUT2D eigenvalue weighted by Gasteiger charge is 2.52. The predicted molar refractivity (Wildman–Crippen MR) is 388 cm³/mol. The zero-order valence-corrected chi connectivity index (χ0v) is 60.0. The first-order valence-corrected chi connectivity index (χ1v) is 33.5. The molecule has 0 spiro atoms. The van der Waals surface area contributed by atoms with Gasteiger partial charge in [-0.2, -0.15) is 0 Å². The quantitative estimate of drug-likeness (QED) is 0.105. The van der Waals surface area contributed by atoms with E-state index in [2.05, 4.69) is 26.3 Å². The largest absolute Gasteiger partial charge is 0.494 e. The van der Waals surface area contributed by atoms with Crippen molar-refractivity contribution < 1.29 is 55.8 Å². The van der Waals surface area contributed by atoms with Gasteiger partial charge in [0.2, 0.25) is 0 Å². The van der Waals surface area contributed by atoms with Gasteiger partial charge >= 0.3 is 19.3 Å². The highest BCUT2D eigenvalue weighted by atomic mass is 35.5. The smallest absolute Gasteiger partial charge is 0.490 e. The number of fused-ring (bicyclic) bond motifs is 3. The number of carbonyl (C=O) groups excluding carboxylic acids is 2. The summed E-state index contributed by atoms with van der Waals surface area (Å²) in [4.78, 5) is 78.3. The first kappa shape index (κ1) is 74.6. The molecule has 13 rings (SSSR count). The highest BCUT2D eigenvalue weighted by Crippen LogP contribution is 2.40. The minimum absolute atomic E-state index is 0.142. The maximum atomic E-state index is 14.1. The minimum Gasteiger partial charge on any atom is -0.494 e. The van der Waals surface area contributed by atoms with E-state index in [9.17, 15) is 37.1 Å². The number of carbonyl (C=O) groups is 2. The summed E-state index contributed by atoms with van der Waals surface area (Å²) >= 11 is 5.75. The summed E-state index contributed by atoms with van der Waals surface area (Å²) in [5.41, 5.74) is 7.61. The molecule has 534 valence electrons. The van der Waals surface area contributed by atoms with Crippen molar-refractivity contribution in [3.05, 3.63) is 217 Å². The van der Waals surface area contributed by atoms with Gasteiger partial charge in [0, 0.05) is 69.5 Å². The van der Waals surface area contributed by atoms with Crippen LogP contribution in [0, 0.1) is 17.5 Å². The second-order valence-corrected chi connectivity index (χ2v) is 27.9. The van der Waals surface area contributed by atoms with E-state index in [1.807, 2.05) is 87.5 Å². The number of nitrogens with zero attached hydrogens (tertiary/aromatic N) is 8. The van der Waals surface area contributed by atoms with Crippen molar-refractivity contribution >= 4 is 59.0 Å². The first-order valence-electron chi connectivity index (χ1n) is 33.2. The van der Waals surface area contributed by atoms with Gasteiger partial charge in [-0.3, -0.25) is 27.6 Å². The molecule has 26 heteroatoms. The lowest BCUT2D eigenvalue weighted by atomic mass is 9.75. The van der Waals surface area contributed by atoms with Crippen LogP contribution in [0.15, 0.2) is 166 Å². The van der Waals surface area contributed by atoms with Gasteiger partial charge in [0.05, 0.1) is 43.9 Å². The van der Waals surface area contributed by atoms with Crippen LogP contribution < -0.4 is 36.2 Å². The average molecular weight is 1420 g/mol. The van der Waals surface area contributed by atoms with E-state index in [1.165, 1.54) is 70.9 Å². The Balaban J connectivity index is 0.000000149. The molecular weight excluding hydrogens is 1330 g/mol. The molecule has 9 aromatic rings. The molecule has 0 aliphatic carbocycles. The van der Waals surface area contributed by atoms with Crippen LogP contribution in [0.25, 0.3) is 61.5 Å². The summed E-state index contributed by atoms with van der Waals surface area (Å²) in [7, 11) is 3.93. The Labute approximate surface area is 593 Å². The Morgan fingerprint density at radius 2 is 0.892 bits per heavy atom. The molecule has 0 saturated carbocycles. The number of nitrogens with one attached hydrogen (secondary N) is 1. The molecule has 1 fully saturated rings. The van der Waals surface area contributed by atoms with E-state index >= 15 is 0 Å². The molecule has 0 unspecified atom stereocenters. The van der Waals surface area contributed by atoms with E-state index in [0.717, 1.165) is 53.8 Å². The van der Waals surface area contributed by atoms with Gasteiger partial charge in [0.15, 0.2) is 34.7 Å². The van der Waals surface area contributed by atoms with Crippen LogP contribution in [0.5, 0.6) is 17.2 Å². The number of methoxy groups -OCH3 is 3. The number of ether oxygens (including phenoxy) is 5. The van der Waals surface area contributed by atoms with Crippen molar-refractivity contribution in [2.75, 3.05) is 60.6 Å². The molecule has 0 atom stereocenters. The van der Waals surface area contributed by atoms with Gasteiger partial charge < -0.3 is 48.1 Å². The summed E-state index contributed by atoms with van der Waals surface area (Å²) in [6.07, 6.45) is 12.5. The first-order chi connectivity index (χ1) is 48.3. The highest BCUT2D eigenvalue weighted by molar-refractivity contribution is 6.54. The van der Waals surface area contributed by atoms with E-state index in [0.29, 0.717) is 83.1 Å². The number of halogens is 4. The number of hydrogen-bond acceptors (Lipinski definition) is 16. The van der Waals surface area contributed by atoms with Crippen molar-refractivity contribution in [3.63, 3.8) is 0 Å². The molecule has 4 aliphatic heterocycles. The SMILES string of the molecule is CC(C)(C)OC(=O)N1CC=C(B2OC(C)(C)C(C)(C)O2)CC1.COc1ccc(-c2ccc3nc(C4=CCN(C(=O)OC(C)(C)C)CC4)cc(=O)n3c2)cc1F.COc1ccc(-c2ccc3nc(C4=CCNCC4)cc(=O)n3c2)cc1F.COc1ccc(-c2ccc3nc(Cl)cc(=O)n3c2)cc1F. The molecule has 0 bridgehead atoms. The fourth-order valence-corrected chi connectivity index (χ4v) is 11.5. The maximum Gasteiger partial charge on any atom is 0.490 e. The third kappa shape index (κ3) is 18.0. The molecule has 0 radical (unpaired) electrons. The maximum absolute atomic E-state index is 14.1. The molecule has 21 nitrogen and oxygen atoms in total. The number of aromatic nitrogens is 6. The van der Waals surface area contributed by atoms with E-state index in [4.69, 9.17) is 44.6 Å². The second kappa shape index (κ2) is 31.0. The van der Waals surface area contributed by atoms with Crippen molar-refractivity contribution in [1.29, 1.82) is 0 Å². The zero-order chi connectivity index (χ0) is 73.6. The van der Waals surface area contributed by atoms with Crippen LogP contribution >= 0.6 is 11.6 Å².